The Balaban J connectivity index is 1.44. The van der Waals surface area contributed by atoms with Gasteiger partial charge in [-0.2, -0.15) is 5.10 Å². The molecule has 0 bridgehead atoms. The summed E-state index contributed by atoms with van der Waals surface area (Å²) < 4.78 is 7.59. The minimum absolute atomic E-state index is 0.341. The molecular formula is C24H33N7O. The van der Waals surface area contributed by atoms with Gasteiger partial charge in [0.25, 0.3) is 0 Å². The number of pyridine rings is 1. The molecule has 0 unspecified atom stereocenters. The van der Waals surface area contributed by atoms with E-state index >= 15 is 0 Å². The van der Waals surface area contributed by atoms with Gasteiger partial charge in [0, 0.05) is 24.7 Å². The van der Waals surface area contributed by atoms with Crippen molar-refractivity contribution in [1.29, 1.82) is 0 Å². The first kappa shape index (κ1) is 21.0. The van der Waals surface area contributed by atoms with Crippen molar-refractivity contribution in [3.63, 3.8) is 0 Å². The third-order valence-corrected chi connectivity index (χ3v) is 7.20. The molecule has 2 saturated heterocycles. The van der Waals surface area contributed by atoms with Crippen LogP contribution in [-0.4, -0.2) is 70.9 Å². The van der Waals surface area contributed by atoms with E-state index in [1.54, 1.807) is 13.3 Å². The summed E-state index contributed by atoms with van der Waals surface area (Å²) in [5.41, 5.74) is 16.5. The first-order chi connectivity index (χ1) is 15.5. The lowest BCUT2D eigenvalue weighted by atomic mass is 9.98. The van der Waals surface area contributed by atoms with Crippen LogP contribution in [0, 0.1) is 0 Å². The third-order valence-electron chi connectivity index (χ3n) is 7.20. The molecule has 4 heterocycles. The molecule has 2 fully saturated rings. The van der Waals surface area contributed by atoms with Gasteiger partial charge in [-0.15, -0.1) is 0 Å². The Hall–Kier alpha value is -2.84. The van der Waals surface area contributed by atoms with E-state index in [1.165, 1.54) is 25.9 Å². The summed E-state index contributed by atoms with van der Waals surface area (Å²) in [6.45, 7) is 4.63. The molecule has 2 aliphatic heterocycles. The average molecular weight is 436 g/mol. The molecule has 2 aliphatic rings. The lowest BCUT2D eigenvalue weighted by Crippen LogP contribution is -2.47. The number of aromatic nitrogens is 3. The highest BCUT2D eigenvalue weighted by Gasteiger charge is 2.30. The lowest BCUT2D eigenvalue weighted by Gasteiger charge is -2.41. The predicted molar refractivity (Wildman–Crippen MR) is 129 cm³/mol. The van der Waals surface area contributed by atoms with Crippen molar-refractivity contribution in [3.8, 4) is 17.0 Å². The molecule has 5 rings (SSSR count). The van der Waals surface area contributed by atoms with Crippen LogP contribution in [-0.2, 0) is 0 Å². The Morgan fingerprint density at radius 2 is 1.66 bits per heavy atom. The number of nitrogens with zero attached hydrogens (tertiary/aromatic N) is 5. The van der Waals surface area contributed by atoms with Crippen LogP contribution < -0.4 is 16.2 Å². The van der Waals surface area contributed by atoms with E-state index in [9.17, 15) is 0 Å². The molecule has 0 saturated carbocycles. The first-order valence-electron chi connectivity index (χ1n) is 11.5. The molecule has 0 spiro atoms. The number of anilines is 2. The van der Waals surface area contributed by atoms with Gasteiger partial charge in [0.05, 0.1) is 47.8 Å². The van der Waals surface area contributed by atoms with Gasteiger partial charge in [-0.3, -0.25) is 9.67 Å². The second-order valence-electron chi connectivity index (χ2n) is 9.17. The van der Waals surface area contributed by atoms with Crippen molar-refractivity contribution in [2.24, 2.45) is 0 Å². The average Bonchev–Trinajstić information content (AvgIpc) is 3.21. The number of nitrogen functional groups attached to an aromatic ring is 2. The summed E-state index contributed by atoms with van der Waals surface area (Å²) in [6, 6.07) is 6.83. The molecule has 3 aromatic rings. The first-order valence-corrected chi connectivity index (χ1v) is 11.5. The number of hydrogen-bond donors (Lipinski definition) is 2. The molecule has 0 atom stereocenters. The number of nitrogens with two attached hydrogens (primary N) is 2. The van der Waals surface area contributed by atoms with Crippen LogP contribution in [0.4, 0.5) is 11.4 Å². The number of piperidine rings is 2. The summed E-state index contributed by atoms with van der Waals surface area (Å²) in [7, 11) is 3.85. The van der Waals surface area contributed by atoms with Crippen molar-refractivity contribution in [2.45, 2.75) is 37.8 Å². The van der Waals surface area contributed by atoms with Gasteiger partial charge in [-0.05, 0) is 58.0 Å². The van der Waals surface area contributed by atoms with Crippen molar-refractivity contribution < 1.29 is 4.74 Å². The van der Waals surface area contributed by atoms with Gasteiger partial charge in [0.15, 0.2) is 0 Å². The fraction of sp³-hybridized carbons (Fsp3) is 0.500. The summed E-state index contributed by atoms with van der Waals surface area (Å²) >= 11 is 0. The highest BCUT2D eigenvalue weighted by Crippen LogP contribution is 2.37. The number of ether oxygens (including phenoxy) is 1. The number of benzene rings is 1. The largest absolute Gasteiger partial charge is 0.495 e. The van der Waals surface area contributed by atoms with Gasteiger partial charge in [0.1, 0.15) is 11.4 Å². The maximum Gasteiger partial charge on any atom is 0.142 e. The number of fused-ring (bicyclic) bond motifs is 1. The molecule has 2 aromatic heterocycles. The predicted octanol–water partition coefficient (Wildman–Crippen LogP) is 3.00. The van der Waals surface area contributed by atoms with Crippen LogP contribution in [0.1, 0.15) is 31.7 Å². The maximum atomic E-state index is 6.38. The minimum atomic E-state index is 0.341. The topological polar surface area (TPSA) is 98.5 Å². The van der Waals surface area contributed by atoms with Crippen molar-refractivity contribution in [2.75, 3.05) is 51.8 Å². The lowest BCUT2D eigenvalue weighted by molar-refractivity contribution is 0.0860. The Kier molecular flexibility index (Phi) is 5.65. The van der Waals surface area contributed by atoms with E-state index in [1.807, 2.05) is 24.4 Å². The van der Waals surface area contributed by atoms with Crippen LogP contribution >= 0.6 is 0 Å². The van der Waals surface area contributed by atoms with Crippen LogP contribution in [0.2, 0.25) is 0 Å². The summed E-state index contributed by atoms with van der Waals surface area (Å²) in [5.74, 6) is 0.643. The number of hydrogen-bond acceptors (Lipinski definition) is 7. The molecule has 8 nitrogen and oxygen atoms in total. The van der Waals surface area contributed by atoms with Crippen molar-refractivity contribution in [3.05, 3.63) is 30.6 Å². The minimum Gasteiger partial charge on any atom is -0.495 e. The van der Waals surface area contributed by atoms with Gasteiger partial charge < -0.3 is 26.0 Å². The number of methoxy groups -OCH3 is 1. The maximum absolute atomic E-state index is 6.38. The van der Waals surface area contributed by atoms with Crippen LogP contribution in [0.15, 0.2) is 30.6 Å². The van der Waals surface area contributed by atoms with Gasteiger partial charge in [-0.1, -0.05) is 6.07 Å². The monoisotopic (exact) mass is 435 g/mol. The fourth-order valence-corrected chi connectivity index (χ4v) is 5.30. The summed E-state index contributed by atoms with van der Waals surface area (Å²) in [5, 5.41) is 6.02. The molecular weight excluding hydrogens is 402 g/mol. The van der Waals surface area contributed by atoms with E-state index in [2.05, 4.69) is 26.5 Å². The van der Waals surface area contributed by atoms with E-state index in [0.717, 1.165) is 54.1 Å². The van der Waals surface area contributed by atoms with Gasteiger partial charge >= 0.3 is 0 Å². The number of rotatable bonds is 4. The fourth-order valence-electron chi connectivity index (χ4n) is 5.30. The van der Waals surface area contributed by atoms with E-state index in [-0.39, 0.29) is 0 Å². The highest BCUT2D eigenvalue weighted by atomic mass is 16.5. The SMILES string of the molecule is COc1cc(-c2nn(C3CCN(C4CCN(C)CC4)CC3)c3cncc(N)c23)ccc1N. The van der Waals surface area contributed by atoms with Gasteiger partial charge in [0.2, 0.25) is 0 Å². The molecule has 0 radical (unpaired) electrons. The number of likely N-dealkylation sites (tertiary alicyclic amines) is 2. The Labute approximate surface area is 189 Å². The Morgan fingerprint density at radius 3 is 2.38 bits per heavy atom. The summed E-state index contributed by atoms with van der Waals surface area (Å²) in [6.07, 6.45) is 8.31. The van der Waals surface area contributed by atoms with E-state index in [0.29, 0.717) is 23.2 Å². The zero-order valence-corrected chi connectivity index (χ0v) is 19.0. The second-order valence-corrected chi connectivity index (χ2v) is 9.17. The molecule has 0 aliphatic carbocycles. The smallest absolute Gasteiger partial charge is 0.142 e. The molecule has 8 heteroatoms. The zero-order chi connectivity index (χ0) is 22.2. The standard InChI is InChI=1S/C24H33N7O/c1-29-9-5-17(6-10-29)30-11-7-18(8-12-30)31-21-15-27-14-20(26)23(21)24(28-31)16-3-4-19(25)22(13-16)32-2/h3-4,13-15,17-18H,5-12,25-26H2,1-2H3. The second kappa shape index (κ2) is 8.60. The Morgan fingerprint density at radius 1 is 0.938 bits per heavy atom. The normalized spacial score (nSPS) is 19.6. The van der Waals surface area contributed by atoms with Crippen molar-refractivity contribution >= 4 is 22.3 Å². The van der Waals surface area contributed by atoms with Crippen LogP contribution in [0.3, 0.4) is 0 Å². The van der Waals surface area contributed by atoms with Crippen LogP contribution in [0.5, 0.6) is 5.75 Å². The third kappa shape index (κ3) is 3.78. The molecule has 0 amide bonds. The van der Waals surface area contributed by atoms with E-state index in [4.69, 9.17) is 21.3 Å². The van der Waals surface area contributed by atoms with Crippen LogP contribution in [0.25, 0.3) is 22.2 Å². The molecule has 4 N–H and O–H groups in total. The van der Waals surface area contributed by atoms with E-state index < -0.39 is 0 Å². The summed E-state index contributed by atoms with van der Waals surface area (Å²) in [4.78, 5) is 9.50. The quantitative estimate of drug-likeness (QED) is 0.608. The molecule has 170 valence electrons. The zero-order valence-electron chi connectivity index (χ0n) is 19.0. The van der Waals surface area contributed by atoms with Gasteiger partial charge in [-0.25, -0.2) is 0 Å². The highest BCUT2D eigenvalue weighted by molar-refractivity contribution is 6.01. The van der Waals surface area contributed by atoms with Crippen molar-refractivity contribution in [1.82, 2.24) is 24.6 Å². The molecule has 32 heavy (non-hydrogen) atoms. The Bertz CT molecular complexity index is 1100. The molecule has 1 aromatic carbocycles.